The zero-order valence-electron chi connectivity index (χ0n) is 8.45. The monoisotopic (exact) mass is 246 g/mol. The Morgan fingerprint density at radius 1 is 1.40 bits per heavy atom. The highest BCUT2D eigenvalue weighted by Crippen LogP contribution is 2.33. The summed E-state index contributed by atoms with van der Waals surface area (Å²) >= 11 is 1.19. The van der Waals surface area contributed by atoms with E-state index in [-0.39, 0.29) is 23.6 Å². The van der Waals surface area contributed by atoms with E-state index in [1.165, 1.54) is 11.3 Å². The summed E-state index contributed by atoms with van der Waals surface area (Å²) in [6.07, 6.45) is 5.39. The number of halogens is 2. The van der Waals surface area contributed by atoms with Crippen molar-refractivity contribution >= 4 is 30.1 Å². The molecule has 2 heterocycles. The number of aliphatic imine (C=N–C) groups is 1. The normalized spacial score (nSPS) is 18.5. The predicted molar refractivity (Wildman–Crippen MR) is 64.5 cm³/mol. The standard InChI is InChI=1S/C10H11FN2S.ClH/c1-6-7(2)10(11)14-9(6)8-3-4-12-5-13-8;/h3-5,8H,1-2H3,(H,12,13);1H. The van der Waals surface area contributed by atoms with Crippen molar-refractivity contribution in [1.29, 1.82) is 0 Å². The van der Waals surface area contributed by atoms with Gasteiger partial charge in [-0.25, -0.2) is 0 Å². The molecule has 1 N–H and O–H groups in total. The topological polar surface area (TPSA) is 24.4 Å². The summed E-state index contributed by atoms with van der Waals surface area (Å²) in [6.45, 7) is 3.74. The maximum absolute atomic E-state index is 13.3. The number of nitrogens with one attached hydrogen (secondary N) is 1. The fourth-order valence-electron chi connectivity index (χ4n) is 1.38. The average molecular weight is 247 g/mol. The lowest BCUT2D eigenvalue weighted by Crippen LogP contribution is -2.08. The maximum Gasteiger partial charge on any atom is 0.179 e. The summed E-state index contributed by atoms with van der Waals surface area (Å²) < 4.78 is 13.3. The first kappa shape index (κ1) is 12.2. The smallest absolute Gasteiger partial charge is 0.179 e. The van der Waals surface area contributed by atoms with E-state index in [4.69, 9.17) is 0 Å². The lowest BCUT2D eigenvalue weighted by molar-refractivity contribution is 0.647. The van der Waals surface area contributed by atoms with Gasteiger partial charge in [0.1, 0.15) is 6.04 Å². The third-order valence-electron chi connectivity index (χ3n) is 2.38. The Morgan fingerprint density at radius 3 is 2.60 bits per heavy atom. The SMILES string of the molecule is Cc1c(F)sc(C2C=CNC=N2)c1C.Cl. The third kappa shape index (κ3) is 2.21. The molecule has 1 atom stereocenters. The highest BCUT2D eigenvalue weighted by Gasteiger charge is 2.17. The first-order chi connectivity index (χ1) is 6.70. The Labute approximate surface area is 98.3 Å². The van der Waals surface area contributed by atoms with Gasteiger partial charge in [0.15, 0.2) is 5.13 Å². The van der Waals surface area contributed by atoms with Crippen molar-refractivity contribution in [1.82, 2.24) is 5.32 Å². The van der Waals surface area contributed by atoms with Crippen molar-refractivity contribution in [3.8, 4) is 0 Å². The molecule has 0 saturated heterocycles. The summed E-state index contributed by atoms with van der Waals surface area (Å²) in [7, 11) is 0. The van der Waals surface area contributed by atoms with Crippen LogP contribution in [0.2, 0.25) is 0 Å². The van der Waals surface area contributed by atoms with Crippen molar-refractivity contribution < 1.29 is 4.39 Å². The molecule has 5 heteroatoms. The molecule has 0 saturated carbocycles. The van der Waals surface area contributed by atoms with Crippen LogP contribution in [0.25, 0.3) is 0 Å². The molecule has 0 bridgehead atoms. The predicted octanol–water partition coefficient (Wildman–Crippen LogP) is 3.11. The van der Waals surface area contributed by atoms with Crippen molar-refractivity contribution in [3.05, 3.63) is 33.4 Å². The van der Waals surface area contributed by atoms with Crippen LogP contribution in [0, 0.1) is 19.0 Å². The Kier molecular flexibility index (Phi) is 3.88. The molecule has 0 aliphatic carbocycles. The molecular formula is C10H12ClFN2S. The van der Waals surface area contributed by atoms with Crippen molar-refractivity contribution in [3.63, 3.8) is 0 Å². The van der Waals surface area contributed by atoms with Gasteiger partial charge in [0.2, 0.25) is 0 Å². The van der Waals surface area contributed by atoms with E-state index < -0.39 is 0 Å². The van der Waals surface area contributed by atoms with Crippen LogP contribution >= 0.6 is 23.7 Å². The van der Waals surface area contributed by atoms with Gasteiger partial charge in [0, 0.05) is 11.1 Å². The summed E-state index contributed by atoms with van der Waals surface area (Å²) in [5.74, 6) is 0. The second kappa shape index (κ2) is 4.77. The molecule has 1 unspecified atom stereocenters. The number of rotatable bonds is 1. The molecule has 2 nitrogen and oxygen atoms in total. The quantitative estimate of drug-likeness (QED) is 0.809. The Balaban J connectivity index is 0.00000112. The molecule has 82 valence electrons. The summed E-state index contributed by atoms with van der Waals surface area (Å²) in [4.78, 5) is 5.23. The zero-order chi connectivity index (χ0) is 10.1. The van der Waals surface area contributed by atoms with Gasteiger partial charge in [-0.15, -0.1) is 23.7 Å². The van der Waals surface area contributed by atoms with Crippen LogP contribution in [0.5, 0.6) is 0 Å². The molecule has 2 rings (SSSR count). The third-order valence-corrected chi connectivity index (χ3v) is 3.63. The van der Waals surface area contributed by atoms with Gasteiger partial charge >= 0.3 is 0 Å². The summed E-state index contributed by atoms with van der Waals surface area (Å²) in [5, 5.41) is 2.77. The van der Waals surface area contributed by atoms with E-state index in [1.54, 1.807) is 13.3 Å². The molecule has 15 heavy (non-hydrogen) atoms. The van der Waals surface area contributed by atoms with Crippen molar-refractivity contribution in [2.75, 3.05) is 0 Å². The average Bonchev–Trinajstić information content (AvgIpc) is 2.47. The molecular weight excluding hydrogens is 235 g/mol. The molecule has 0 spiro atoms. The highest BCUT2D eigenvalue weighted by atomic mass is 35.5. The molecule has 0 amide bonds. The summed E-state index contributed by atoms with van der Waals surface area (Å²) in [5.41, 5.74) is 1.76. The lowest BCUT2D eigenvalue weighted by Gasteiger charge is -2.10. The van der Waals surface area contributed by atoms with E-state index in [0.29, 0.717) is 0 Å². The van der Waals surface area contributed by atoms with Crippen molar-refractivity contribution in [2.24, 2.45) is 4.99 Å². The number of thiophene rings is 1. The van der Waals surface area contributed by atoms with Crippen LogP contribution in [0.1, 0.15) is 22.0 Å². The molecule has 1 aliphatic rings. The molecule has 1 aromatic rings. The van der Waals surface area contributed by atoms with E-state index in [0.717, 1.165) is 16.0 Å². The van der Waals surface area contributed by atoms with Gasteiger partial charge in [-0.05, 0) is 31.1 Å². The fraction of sp³-hybridized carbons (Fsp3) is 0.300. The minimum absolute atomic E-state index is 0. The van der Waals surface area contributed by atoms with Gasteiger partial charge in [0.05, 0.1) is 6.34 Å². The van der Waals surface area contributed by atoms with Gasteiger partial charge in [-0.1, -0.05) is 0 Å². The van der Waals surface area contributed by atoms with Crippen molar-refractivity contribution in [2.45, 2.75) is 19.9 Å². The molecule has 0 fully saturated rings. The van der Waals surface area contributed by atoms with E-state index in [1.807, 2.05) is 19.2 Å². The van der Waals surface area contributed by atoms with Crippen LogP contribution in [0.4, 0.5) is 4.39 Å². The minimum Gasteiger partial charge on any atom is -0.353 e. The first-order valence-electron chi connectivity index (χ1n) is 4.40. The minimum atomic E-state index is -0.0976. The molecule has 1 aliphatic heterocycles. The fourth-order valence-corrected chi connectivity index (χ4v) is 2.45. The van der Waals surface area contributed by atoms with Crippen LogP contribution in [-0.2, 0) is 0 Å². The van der Waals surface area contributed by atoms with E-state index in [2.05, 4.69) is 10.3 Å². The second-order valence-corrected chi connectivity index (χ2v) is 4.24. The van der Waals surface area contributed by atoms with Gasteiger partial charge in [0.25, 0.3) is 0 Å². The van der Waals surface area contributed by atoms with E-state index >= 15 is 0 Å². The molecule has 1 aromatic heterocycles. The van der Waals surface area contributed by atoms with Gasteiger partial charge in [-0.3, -0.25) is 4.99 Å². The second-order valence-electron chi connectivity index (χ2n) is 3.24. The van der Waals surface area contributed by atoms with Crippen LogP contribution in [-0.4, -0.2) is 6.34 Å². The Hall–Kier alpha value is -0.870. The van der Waals surface area contributed by atoms with E-state index in [9.17, 15) is 4.39 Å². The summed E-state index contributed by atoms with van der Waals surface area (Å²) in [6, 6.07) is -0.0237. The highest BCUT2D eigenvalue weighted by molar-refractivity contribution is 7.10. The first-order valence-corrected chi connectivity index (χ1v) is 5.21. The zero-order valence-corrected chi connectivity index (χ0v) is 10.1. The lowest BCUT2D eigenvalue weighted by atomic mass is 10.1. The maximum atomic E-state index is 13.3. The number of nitrogens with zero attached hydrogens (tertiary/aromatic N) is 1. The number of hydrogen-bond acceptors (Lipinski definition) is 3. The largest absolute Gasteiger partial charge is 0.353 e. The van der Waals surface area contributed by atoms with Gasteiger partial charge in [-0.2, -0.15) is 4.39 Å². The Morgan fingerprint density at radius 2 is 2.13 bits per heavy atom. The number of hydrogen-bond donors (Lipinski definition) is 1. The van der Waals surface area contributed by atoms with Crippen LogP contribution in [0.3, 0.4) is 0 Å². The van der Waals surface area contributed by atoms with Crippen LogP contribution in [0.15, 0.2) is 17.3 Å². The molecule has 0 aromatic carbocycles. The van der Waals surface area contributed by atoms with Crippen LogP contribution < -0.4 is 5.32 Å². The molecule has 0 radical (unpaired) electrons. The Bertz CT molecular complexity index is 400. The van der Waals surface area contributed by atoms with Gasteiger partial charge < -0.3 is 5.32 Å².